The molecule has 103 valence electrons. The van der Waals surface area contributed by atoms with Crippen LogP contribution in [0.1, 0.15) is 78.6 Å². The smallest absolute Gasteiger partial charge is 0 e. The Morgan fingerprint density at radius 3 is 1.88 bits per heavy atom. The number of hydrogen-bond donors (Lipinski definition) is 0. The first-order chi connectivity index (χ1) is 7.20. The molecule has 0 spiro atoms. The first-order valence-corrected chi connectivity index (χ1v) is 6.99. The van der Waals surface area contributed by atoms with Crippen LogP contribution in [0.3, 0.4) is 0 Å². The second-order valence-corrected chi connectivity index (χ2v) is 5.25. The molecule has 0 saturated heterocycles. The van der Waals surface area contributed by atoms with Crippen LogP contribution in [0.2, 0.25) is 0 Å². The molecule has 0 saturated carbocycles. The molecule has 2 atom stereocenters. The van der Waals surface area contributed by atoms with Crippen LogP contribution in [-0.4, -0.2) is 0 Å². The Balaban J connectivity index is -0.000000980. The Morgan fingerprint density at radius 1 is 0.824 bits per heavy atom. The average molecular weight is 315 g/mol. The quantitative estimate of drug-likeness (QED) is 0.339. The molecule has 0 fully saturated rings. The van der Waals surface area contributed by atoms with Crippen molar-refractivity contribution >= 4 is 0 Å². The first-order valence-electron chi connectivity index (χ1n) is 6.99. The van der Waals surface area contributed by atoms with E-state index in [1.54, 1.807) is 0 Å². The average Bonchev–Trinajstić information content (AvgIpc) is 2.24. The Kier molecular flexibility index (Phi) is 23.4. The van der Waals surface area contributed by atoms with Gasteiger partial charge in [0.2, 0.25) is 0 Å². The zero-order chi connectivity index (χ0) is 11.5. The molecule has 0 aliphatic heterocycles. The van der Waals surface area contributed by atoms with E-state index in [1.165, 1.54) is 51.4 Å². The van der Waals surface area contributed by atoms with Crippen LogP contribution in [-0.2, 0) is 32.7 Å². The van der Waals surface area contributed by atoms with Crippen molar-refractivity contribution < 1.29 is 32.7 Å². The van der Waals surface area contributed by atoms with Gasteiger partial charge in [0, 0.05) is 32.7 Å². The number of unbranched alkanes of at least 4 members (excludes halogenated alkanes) is 3. The fraction of sp³-hybridized carbons (Fsp3) is 0.875. The van der Waals surface area contributed by atoms with Gasteiger partial charge in [0.15, 0.2) is 0 Å². The molecule has 0 aliphatic carbocycles. The second-order valence-electron chi connectivity index (χ2n) is 5.25. The Labute approximate surface area is 137 Å². The van der Waals surface area contributed by atoms with E-state index in [-0.39, 0.29) is 40.1 Å². The topological polar surface area (TPSA) is 0 Å². The van der Waals surface area contributed by atoms with Gasteiger partial charge in [-0.3, -0.25) is 0 Å². The van der Waals surface area contributed by atoms with Gasteiger partial charge in [-0.1, -0.05) is 72.1 Å². The number of hydrogen-bond acceptors (Lipinski definition) is 0. The van der Waals surface area contributed by atoms with Crippen LogP contribution in [0.25, 0.3) is 0 Å². The SMILES string of the molecule is [CH2-]CCCCCC(C)CCCC(C)CC.[CH3-].[Y]. The van der Waals surface area contributed by atoms with Gasteiger partial charge in [-0.15, -0.1) is 0 Å². The van der Waals surface area contributed by atoms with Gasteiger partial charge in [0.25, 0.3) is 0 Å². The van der Waals surface area contributed by atoms with Gasteiger partial charge >= 0.3 is 0 Å². The molecule has 1 heteroatoms. The van der Waals surface area contributed by atoms with Crippen molar-refractivity contribution in [3.8, 4) is 0 Å². The molecule has 0 aromatic carbocycles. The molecule has 17 heavy (non-hydrogen) atoms. The second kappa shape index (κ2) is 17.1. The summed E-state index contributed by atoms with van der Waals surface area (Å²) < 4.78 is 0. The Hall–Kier alpha value is 1.10. The van der Waals surface area contributed by atoms with Gasteiger partial charge < -0.3 is 14.4 Å². The summed E-state index contributed by atoms with van der Waals surface area (Å²) in [6.45, 7) is 11.0. The van der Waals surface area contributed by atoms with Gasteiger partial charge in [-0.25, -0.2) is 0 Å². The van der Waals surface area contributed by atoms with E-state index in [9.17, 15) is 0 Å². The van der Waals surface area contributed by atoms with Gasteiger partial charge in [-0.2, -0.15) is 6.42 Å². The molecule has 1 radical (unpaired) electrons. The van der Waals surface area contributed by atoms with Crippen LogP contribution >= 0.6 is 0 Å². The summed E-state index contributed by atoms with van der Waals surface area (Å²) in [7, 11) is 0. The van der Waals surface area contributed by atoms with Crippen molar-refractivity contribution in [2.24, 2.45) is 11.8 Å². The van der Waals surface area contributed by atoms with E-state index in [4.69, 9.17) is 0 Å². The largest absolute Gasteiger partial charge is 0.358 e. The van der Waals surface area contributed by atoms with Crippen LogP contribution in [0.5, 0.6) is 0 Å². The third-order valence-electron chi connectivity index (χ3n) is 3.54. The molecule has 0 amide bonds. The molecule has 0 aromatic heterocycles. The molecule has 0 aromatic rings. The van der Waals surface area contributed by atoms with Gasteiger partial charge in [0.05, 0.1) is 0 Å². The molecule has 0 bridgehead atoms. The van der Waals surface area contributed by atoms with E-state index < -0.39 is 0 Å². The van der Waals surface area contributed by atoms with Crippen molar-refractivity contribution in [2.45, 2.75) is 78.6 Å². The van der Waals surface area contributed by atoms with Crippen LogP contribution in [0, 0.1) is 26.2 Å². The van der Waals surface area contributed by atoms with Crippen molar-refractivity contribution in [1.82, 2.24) is 0 Å². The minimum Gasteiger partial charge on any atom is -0.358 e. The predicted molar refractivity (Wildman–Crippen MR) is 77.3 cm³/mol. The molecular weight excluding hydrogens is 281 g/mol. The van der Waals surface area contributed by atoms with Crippen LogP contribution < -0.4 is 0 Å². The van der Waals surface area contributed by atoms with Crippen molar-refractivity contribution in [2.75, 3.05) is 0 Å². The van der Waals surface area contributed by atoms with Crippen LogP contribution in [0.15, 0.2) is 0 Å². The van der Waals surface area contributed by atoms with E-state index >= 15 is 0 Å². The van der Waals surface area contributed by atoms with Crippen molar-refractivity contribution in [1.29, 1.82) is 0 Å². The minimum absolute atomic E-state index is 0. The van der Waals surface area contributed by atoms with E-state index in [0.29, 0.717) is 0 Å². The van der Waals surface area contributed by atoms with Crippen molar-refractivity contribution in [3.63, 3.8) is 0 Å². The van der Waals surface area contributed by atoms with Gasteiger partial charge in [0.1, 0.15) is 0 Å². The first kappa shape index (κ1) is 23.2. The summed E-state index contributed by atoms with van der Waals surface area (Å²) in [5, 5.41) is 0. The Morgan fingerprint density at radius 2 is 1.35 bits per heavy atom. The monoisotopic (exact) mass is 315 g/mol. The third-order valence-corrected chi connectivity index (χ3v) is 3.54. The van der Waals surface area contributed by atoms with Gasteiger partial charge in [-0.05, 0) is 11.8 Å². The number of rotatable bonds is 10. The molecule has 0 nitrogen and oxygen atoms in total. The summed E-state index contributed by atoms with van der Waals surface area (Å²) in [4.78, 5) is 0. The maximum absolute atomic E-state index is 3.88. The molecule has 0 aliphatic rings. The fourth-order valence-electron chi connectivity index (χ4n) is 2.01. The summed E-state index contributed by atoms with van der Waals surface area (Å²) in [5.41, 5.74) is 0. The normalized spacial score (nSPS) is 13.4. The maximum Gasteiger partial charge on any atom is 0 e. The summed E-state index contributed by atoms with van der Waals surface area (Å²) in [5.74, 6) is 1.88. The van der Waals surface area contributed by atoms with Crippen molar-refractivity contribution in [3.05, 3.63) is 14.4 Å². The minimum atomic E-state index is 0. The molecule has 0 heterocycles. The molecule has 2 unspecified atom stereocenters. The fourth-order valence-corrected chi connectivity index (χ4v) is 2.01. The van der Waals surface area contributed by atoms with E-state index in [1.807, 2.05) is 0 Å². The van der Waals surface area contributed by atoms with E-state index in [0.717, 1.165) is 18.3 Å². The summed E-state index contributed by atoms with van der Waals surface area (Å²) in [6.07, 6.45) is 12.3. The summed E-state index contributed by atoms with van der Waals surface area (Å²) >= 11 is 0. The zero-order valence-corrected chi connectivity index (χ0v) is 15.6. The maximum atomic E-state index is 3.88. The standard InChI is InChI=1S/C15H31.CH3.Y/c1-5-7-8-9-11-15(4)13-10-12-14(3)6-2;;/h14-15H,1,5-13H2,2-4H3;1H3;/q2*-1;. The molecule has 0 N–H and O–H groups in total. The summed E-state index contributed by atoms with van der Waals surface area (Å²) in [6, 6.07) is 0. The third kappa shape index (κ3) is 17.1. The van der Waals surface area contributed by atoms with E-state index in [2.05, 4.69) is 27.7 Å². The molecular formula is C16H34Y-2. The molecule has 0 rings (SSSR count). The zero-order valence-electron chi connectivity index (χ0n) is 12.8. The van der Waals surface area contributed by atoms with Crippen LogP contribution in [0.4, 0.5) is 0 Å². The Bertz CT molecular complexity index is 123. The predicted octanol–water partition coefficient (Wildman–Crippen LogP) is 6.07.